The van der Waals surface area contributed by atoms with Gasteiger partial charge in [0, 0.05) is 19.6 Å². The third-order valence-electron chi connectivity index (χ3n) is 3.49. The number of hydrogen-bond donors (Lipinski definition) is 2. The fourth-order valence-corrected chi connectivity index (χ4v) is 2.31. The number of carbonyl (C=O) groups is 1. The van der Waals surface area contributed by atoms with E-state index in [1.54, 1.807) is 4.90 Å². The molecule has 1 aliphatic heterocycles. The van der Waals surface area contributed by atoms with Gasteiger partial charge in [0.25, 0.3) is 5.91 Å². The molecule has 3 N–H and O–H groups in total. The Morgan fingerprint density at radius 2 is 2.32 bits per heavy atom. The van der Waals surface area contributed by atoms with Crippen LogP contribution < -0.4 is 11.3 Å². The lowest BCUT2D eigenvalue weighted by Crippen LogP contribution is -2.47. The van der Waals surface area contributed by atoms with E-state index in [4.69, 9.17) is 5.84 Å². The molecule has 0 aliphatic carbocycles. The molecule has 1 unspecified atom stereocenters. The van der Waals surface area contributed by atoms with Crippen molar-refractivity contribution in [1.82, 2.24) is 19.8 Å². The van der Waals surface area contributed by atoms with Crippen LogP contribution >= 0.6 is 0 Å². The van der Waals surface area contributed by atoms with E-state index in [0.717, 1.165) is 25.9 Å². The Kier molecular flexibility index (Phi) is 4.28. The summed E-state index contributed by atoms with van der Waals surface area (Å²) >= 11 is 0. The number of anilines is 1. The lowest BCUT2D eigenvalue weighted by Gasteiger charge is -2.35. The number of rotatable bonds is 3. The van der Waals surface area contributed by atoms with Crippen LogP contribution in [0.3, 0.4) is 0 Å². The Hall–Kier alpha value is -1.73. The second-order valence-electron chi connectivity index (χ2n) is 4.91. The van der Waals surface area contributed by atoms with E-state index in [0.29, 0.717) is 11.5 Å². The summed E-state index contributed by atoms with van der Waals surface area (Å²) in [4.78, 5) is 24.4. The Labute approximate surface area is 112 Å². The molecule has 1 saturated heterocycles. The van der Waals surface area contributed by atoms with E-state index in [1.807, 2.05) is 7.05 Å². The van der Waals surface area contributed by atoms with Crippen LogP contribution in [0.5, 0.6) is 0 Å². The van der Waals surface area contributed by atoms with E-state index in [-0.39, 0.29) is 11.9 Å². The summed E-state index contributed by atoms with van der Waals surface area (Å²) in [6.45, 7) is 1.99. The fraction of sp³-hybridized carbons (Fsp3) is 0.583. The molecule has 19 heavy (non-hydrogen) atoms. The molecule has 0 spiro atoms. The molecule has 1 aliphatic rings. The lowest BCUT2D eigenvalue weighted by molar-refractivity contribution is 0.0638. The van der Waals surface area contributed by atoms with Crippen LogP contribution in [-0.4, -0.2) is 58.9 Å². The molecule has 0 saturated carbocycles. The van der Waals surface area contributed by atoms with E-state index in [1.165, 1.54) is 12.4 Å². The van der Waals surface area contributed by atoms with Crippen LogP contribution in [0.15, 0.2) is 12.4 Å². The van der Waals surface area contributed by atoms with Gasteiger partial charge >= 0.3 is 0 Å². The quantitative estimate of drug-likeness (QED) is 0.587. The molecule has 0 bridgehead atoms. The van der Waals surface area contributed by atoms with Gasteiger partial charge in [-0.05, 0) is 26.4 Å². The van der Waals surface area contributed by atoms with E-state index >= 15 is 0 Å². The van der Waals surface area contributed by atoms with Crippen molar-refractivity contribution in [2.24, 2.45) is 5.84 Å². The normalized spacial score (nSPS) is 20.1. The molecule has 1 aromatic heterocycles. The van der Waals surface area contributed by atoms with E-state index < -0.39 is 0 Å². The summed E-state index contributed by atoms with van der Waals surface area (Å²) in [6, 6.07) is 0.236. The first-order valence-corrected chi connectivity index (χ1v) is 6.36. The van der Waals surface area contributed by atoms with Gasteiger partial charge in [-0.1, -0.05) is 0 Å². The molecule has 1 fully saturated rings. The Balaban J connectivity index is 2.05. The van der Waals surface area contributed by atoms with Crippen molar-refractivity contribution >= 4 is 11.7 Å². The number of nitrogens with zero attached hydrogens (tertiary/aromatic N) is 4. The monoisotopic (exact) mass is 264 g/mol. The second-order valence-corrected chi connectivity index (χ2v) is 4.91. The smallest absolute Gasteiger partial charge is 0.274 e. The molecular weight excluding hydrogens is 244 g/mol. The van der Waals surface area contributed by atoms with Gasteiger partial charge in [-0.2, -0.15) is 0 Å². The highest BCUT2D eigenvalue weighted by Gasteiger charge is 2.25. The van der Waals surface area contributed by atoms with Crippen LogP contribution in [0, 0.1) is 0 Å². The number of nitrogen functional groups attached to an aromatic ring is 1. The van der Waals surface area contributed by atoms with Gasteiger partial charge in [0.1, 0.15) is 5.69 Å². The molecule has 7 nitrogen and oxygen atoms in total. The molecule has 7 heteroatoms. The number of carbonyl (C=O) groups excluding carboxylic acids is 1. The highest BCUT2D eigenvalue weighted by Crippen LogP contribution is 2.15. The van der Waals surface area contributed by atoms with Crippen molar-refractivity contribution in [2.45, 2.75) is 18.9 Å². The third-order valence-corrected chi connectivity index (χ3v) is 3.49. The summed E-state index contributed by atoms with van der Waals surface area (Å²) in [7, 11) is 3.90. The Bertz CT molecular complexity index is 434. The van der Waals surface area contributed by atoms with Gasteiger partial charge < -0.3 is 15.2 Å². The maximum absolute atomic E-state index is 12.3. The number of aromatic nitrogens is 2. The van der Waals surface area contributed by atoms with Gasteiger partial charge in [-0.15, -0.1) is 0 Å². The van der Waals surface area contributed by atoms with Crippen molar-refractivity contribution in [3.8, 4) is 0 Å². The van der Waals surface area contributed by atoms with Gasteiger partial charge in [0.15, 0.2) is 5.82 Å². The zero-order chi connectivity index (χ0) is 13.8. The molecule has 1 aromatic rings. The van der Waals surface area contributed by atoms with Crippen molar-refractivity contribution in [2.75, 3.05) is 32.6 Å². The van der Waals surface area contributed by atoms with Crippen molar-refractivity contribution in [3.05, 3.63) is 18.1 Å². The molecule has 1 atom stereocenters. The molecule has 0 radical (unpaired) electrons. The van der Waals surface area contributed by atoms with Crippen molar-refractivity contribution in [1.29, 1.82) is 0 Å². The van der Waals surface area contributed by atoms with Gasteiger partial charge in [0.2, 0.25) is 0 Å². The first-order valence-electron chi connectivity index (χ1n) is 6.36. The topological polar surface area (TPSA) is 87.4 Å². The number of nitrogens with one attached hydrogen (secondary N) is 1. The maximum atomic E-state index is 12.3. The SMILES string of the molecule is CN1CCCC(N(C)C(=O)c2cnc(NN)cn2)C1. The van der Waals surface area contributed by atoms with E-state index in [2.05, 4.69) is 27.3 Å². The number of likely N-dealkylation sites (N-methyl/N-ethyl adjacent to an activating group) is 2. The molecule has 2 heterocycles. The highest BCUT2D eigenvalue weighted by atomic mass is 16.2. The minimum absolute atomic E-state index is 0.101. The lowest BCUT2D eigenvalue weighted by atomic mass is 10.0. The number of hydrogen-bond acceptors (Lipinski definition) is 6. The van der Waals surface area contributed by atoms with Crippen LogP contribution in [-0.2, 0) is 0 Å². The summed E-state index contributed by atoms with van der Waals surface area (Å²) in [5.41, 5.74) is 2.73. The second kappa shape index (κ2) is 5.94. The summed E-state index contributed by atoms with van der Waals surface area (Å²) in [5, 5.41) is 0. The largest absolute Gasteiger partial charge is 0.336 e. The zero-order valence-electron chi connectivity index (χ0n) is 11.3. The predicted octanol–water partition coefficient (Wildman–Crippen LogP) is -0.0716. The first kappa shape index (κ1) is 13.7. The number of hydrazine groups is 1. The van der Waals surface area contributed by atoms with Gasteiger partial charge in [0.05, 0.1) is 12.4 Å². The van der Waals surface area contributed by atoms with Crippen molar-refractivity contribution in [3.63, 3.8) is 0 Å². The van der Waals surface area contributed by atoms with Gasteiger partial charge in [-0.3, -0.25) is 4.79 Å². The van der Waals surface area contributed by atoms with Crippen LogP contribution in [0.4, 0.5) is 5.82 Å². The number of nitrogens with two attached hydrogens (primary N) is 1. The minimum Gasteiger partial charge on any atom is -0.336 e. The molecule has 2 rings (SSSR count). The molecule has 104 valence electrons. The van der Waals surface area contributed by atoms with Crippen LogP contribution in [0.25, 0.3) is 0 Å². The fourth-order valence-electron chi connectivity index (χ4n) is 2.31. The maximum Gasteiger partial charge on any atom is 0.274 e. The average Bonchev–Trinajstić information content (AvgIpc) is 2.46. The Morgan fingerprint density at radius 3 is 2.89 bits per heavy atom. The molecule has 0 aromatic carbocycles. The predicted molar refractivity (Wildman–Crippen MR) is 72.5 cm³/mol. The molecule has 1 amide bonds. The van der Waals surface area contributed by atoms with Crippen LogP contribution in [0.2, 0.25) is 0 Å². The number of likely N-dealkylation sites (tertiary alicyclic amines) is 1. The number of piperidine rings is 1. The zero-order valence-corrected chi connectivity index (χ0v) is 11.3. The average molecular weight is 264 g/mol. The Morgan fingerprint density at radius 1 is 1.53 bits per heavy atom. The molecular formula is C12H20N6O. The summed E-state index contributed by atoms with van der Waals surface area (Å²) in [6.07, 6.45) is 5.04. The highest BCUT2D eigenvalue weighted by molar-refractivity contribution is 5.92. The third kappa shape index (κ3) is 3.18. The number of amides is 1. The minimum atomic E-state index is -0.101. The first-order chi connectivity index (χ1) is 9.11. The summed E-state index contributed by atoms with van der Waals surface area (Å²) in [5.74, 6) is 5.56. The van der Waals surface area contributed by atoms with E-state index in [9.17, 15) is 4.79 Å². The van der Waals surface area contributed by atoms with Crippen molar-refractivity contribution < 1.29 is 4.79 Å². The van der Waals surface area contributed by atoms with Gasteiger partial charge in [-0.25, -0.2) is 15.8 Å². The summed E-state index contributed by atoms with van der Waals surface area (Å²) < 4.78 is 0. The standard InChI is InChI=1S/C12H20N6O/c1-17-5-3-4-9(8-17)18(2)12(19)10-6-15-11(16-13)7-14-10/h6-7,9H,3-5,8,13H2,1-2H3,(H,15,16). The van der Waals surface area contributed by atoms with Crippen LogP contribution in [0.1, 0.15) is 23.3 Å².